The number of carbonyl (C=O) groups is 1. The number of nitrogens with one attached hydrogen (secondary N) is 1. The van der Waals surface area contributed by atoms with Crippen molar-refractivity contribution < 1.29 is 31.1 Å². The van der Waals surface area contributed by atoms with E-state index >= 15 is 0 Å². The molecule has 26 heavy (non-hydrogen) atoms. The van der Waals surface area contributed by atoms with Crippen LogP contribution >= 0.6 is 15.9 Å². The first kappa shape index (κ1) is 20.2. The van der Waals surface area contributed by atoms with Gasteiger partial charge in [0.2, 0.25) is 0 Å². The Bertz CT molecular complexity index is 883. The Kier molecular flexibility index (Phi) is 6.30. The quantitative estimate of drug-likeness (QED) is 0.681. The molecule has 0 aliphatic rings. The van der Waals surface area contributed by atoms with Crippen molar-refractivity contribution in [3.05, 3.63) is 58.6 Å². The molecule has 2 aromatic rings. The van der Waals surface area contributed by atoms with Crippen molar-refractivity contribution in [3.63, 3.8) is 0 Å². The number of benzene rings is 2. The third kappa shape index (κ3) is 4.98. The summed E-state index contributed by atoms with van der Waals surface area (Å²) in [5, 5.41) is 2.52. The van der Waals surface area contributed by atoms with Gasteiger partial charge in [0.05, 0.1) is 11.4 Å². The maximum Gasteiger partial charge on any atom is 0.501 e. The van der Waals surface area contributed by atoms with Crippen LogP contribution < -0.4 is 10.1 Å². The maximum atomic E-state index is 12.5. The number of hydrogen-bond acceptors (Lipinski definition) is 4. The number of alkyl halides is 3. The Hall–Kier alpha value is -2.07. The molecular weight excluding hydrogens is 439 g/mol. The molecule has 0 saturated carbocycles. The standard InChI is InChI=1S/C16H13BrF3NO4S/c17-12-2-1-3-13(10-12)25-9-8-21-15(22)11-4-6-14(7-5-11)26(23,24)16(18,19)20/h1-7,10H,8-9H2,(H,21,22). The third-order valence-corrected chi connectivity index (χ3v) is 5.18. The van der Waals surface area contributed by atoms with Crippen LogP contribution in [0.5, 0.6) is 5.75 Å². The molecule has 0 aromatic heterocycles. The lowest BCUT2D eigenvalue weighted by atomic mass is 10.2. The number of halogens is 4. The van der Waals surface area contributed by atoms with E-state index < -0.39 is 26.1 Å². The van der Waals surface area contributed by atoms with Crippen LogP contribution in [-0.4, -0.2) is 33.0 Å². The van der Waals surface area contributed by atoms with Crippen LogP contribution in [0.3, 0.4) is 0 Å². The summed E-state index contributed by atoms with van der Waals surface area (Å²) >= 11 is 3.29. The first-order valence-corrected chi connectivity index (χ1v) is 9.47. The van der Waals surface area contributed by atoms with Gasteiger partial charge in [-0.3, -0.25) is 4.79 Å². The summed E-state index contributed by atoms with van der Waals surface area (Å²) in [6, 6.07) is 10.6. The highest BCUT2D eigenvalue weighted by Crippen LogP contribution is 2.30. The van der Waals surface area contributed by atoms with E-state index in [0.717, 1.165) is 28.7 Å². The smallest absolute Gasteiger partial charge is 0.492 e. The summed E-state index contributed by atoms with van der Waals surface area (Å²) in [6.07, 6.45) is 0. The monoisotopic (exact) mass is 451 g/mol. The first-order chi connectivity index (χ1) is 12.1. The normalized spacial score (nSPS) is 11.8. The second kappa shape index (κ2) is 8.09. The van der Waals surface area contributed by atoms with Crippen LogP contribution in [-0.2, 0) is 9.84 Å². The summed E-state index contributed by atoms with van der Waals surface area (Å²) in [5.41, 5.74) is -5.35. The van der Waals surface area contributed by atoms with Gasteiger partial charge in [-0.25, -0.2) is 8.42 Å². The highest BCUT2D eigenvalue weighted by molar-refractivity contribution is 9.10. The van der Waals surface area contributed by atoms with Gasteiger partial charge in [0.25, 0.3) is 15.7 Å². The molecule has 0 aliphatic heterocycles. The van der Waals surface area contributed by atoms with E-state index in [1.807, 2.05) is 6.07 Å². The molecule has 10 heteroatoms. The van der Waals surface area contributed by atoms with E-state index in [1.165, 1.54) is 0 Å². The van der Waals surface area contributed by atoms with Gasteiger partial charge in [0, 0.05) is 10.0 Å². The molecule has 0 aliphatic carbocycles. The molecule has 0 unspecified atom stereocenters. The molecule has 1 N–H and O–H groups in total. The highest BCUT2D eigenvalue weighted by atomic mass is 79.9. The van der Waals surface area contributed by atoms with Crippen molar-refractivity contribution in [3.8, 4) is 5.75 Å². The predicted molar refractivity (Wildman–Crippen MR) is 91.7 cm³/mol. The molecule has 0 radical (unpaired) electrons. The minimum absolute atomic E-state index is 0.0357. The van der Waals surface area contributed by atoms with E-state index in [9.17, 15) is 26.4 Å². The fourth-order valence-corrected chi connectivity index (χ4v) is 3.05. The Labute approximate surface area is 156 Å². The van der Waals surface area contributed by atoms with Gasteiger partial charge in [-0.05, 0) is 42.5 Å². The van der Waals surface area contributed by atoms with Gasteiger partial charge in [0.15, 0.2) is 0 Å². The molecule has 0 heterocycles. The van der Waals surface area contributed by atoms with Crippen LogP contribution in [0.25, 0.3) is 0 Å². The summed E-state index contributed by atoms with van der Waals surface area (Å²) in [7, 11) is -5.43. The fraction of sp³-hybridized carbons (Fsp3) is 0.188. The predicted octanol–water partition coefficient (Wildman–Crippen LogP) is 3.55. The maximum absolute atomic E-state index is 12.5. The largest absolute Gasteiger partial charge is 0.501 e. The third-order valence-electron chi connectivity index (χ3n) is 3.18. The van der Waals surface area contributed by atoms with Crippen LogP contribution in [0.1, 0.15) is 10.4 Å². The molecule has 2 rings (SSSR count). The summed E-state index contributed by atoms with van der Waals surface area (Å²) in [4.78, 5) is 11.0. The van der Waals surface area contributed by atoms with E-state index in [-0.39, 0.29) is 18.7 Å². The van der Waals surface area contributed by atoms with Crippen molar-refractivity contribution in [2.75, 3.05) is 13.2 Å². The van der Waals surface area contributed by atoms with Gasteiger partial charge in [-0.15, -0.1) is 0 Å². The van der Waals surface area contributed by atoms with Crippen molar-refractivity contribution in [1.29, 1.82) is 0 Å². The Morgan fingerprint density at radius 1 is 1.12 bits per heavy atom. The zero-order valence-corrected chi connectivity index (χ0v) is 15.5. The number of ether oxygens (including phenoxy) is 1. The van der Waals surface area contributed by atoms with E-state index in [2.05, 4.69) is 21.2 Å². The van der Waals surface area contributed by atoms with E-state index in [0.29, 0.717) is 5.75 Å². The van der Waals surface area contributed by atoms with Gasteiger partial charge in [0.1, 0.15) is 12.4 Å². The summed E-state index contributed by atoms with van der Waals surface area (Å²) < 4.78 is 66.2. The zero-order valence-electron chi connectivity index (χ0n) is 13.1. The van der Waals surface area contributed by atoms with E-state index in [1.54, 1.807) is 18.2 Å². The molecular formula is C16H13BrF3NO4S. The van der Waals surface area contributed by atoms with Crippen LogP contribution in [0, 0.1) is 0 Å². The van der Waals surface area contributed by atoms with Crippen LogP contribution in [0.15, 0.2) is 57.9 Å². The topological polar surface area (TPSA) is 72.5 Å². The average Bonchev–Trinajstić information content (AvgIpc) is 2.58. The average molecular weight is 452 g/mol. The summed E-state index contributed by atoms with van der Waals surface area (Å²) in [6.45, 7) is 0.344. The minimum atomic E-state index is -5.43. The lowest BCUT2D eigenvalue weighted by Crippen LogP contribution is -2.28. The van der Waals surface area contributed by atoms with Crippen LogP contribution in [0.2, 0.25) is 0 Å². The molecule has 0 spiro atoms. The van der Waals surface area contributed by atoms with Gasteiger partial charge >= 0.3 is 5.51 Å². The molecule has 140 valence electrons. The number of rotatable bonds is 6. The molecule has 0 fully saturated rings. The zero-order chi connectivity index (χ0) is 19.4. The van der Waals surface area contributed by atoms with Gasteiger partial charge in [-0.2, -0.15) is 13.2 Å². The Morgan fingerprint density at radius 3 is 2.35 bits per heavy atom. The van der Waals surface area contributed by atoms with Crippen LogP contribution in [0.4, 0.5) is 13.2 Å². The van der Waals surface area contributed by atoms with Crippen molar-refractivity contribution in [2.45, 2.75) is 10.4 Å². The number of hydrogen-bond donors (Lipinski definition) is 1. The number of sulfone groups is 1. The van der Waals surface area contributed by atoms with Crippen molar-refractivity contribution in [2.24, 2.45) is 0 Å². The van der Waals surface area contributed by atoms with Crippen molar-refractivity contribution in [1.82, 2.24) is 5.32 Å². The Balaban J connectivity index is 1.90. The first-order valence-electron chi connectivity index (χ1n) is 7.19. The lowest BCUT2D eigenvalue weighted by Gasteiger charge is -2.10. The highest BCUT2D eigenvalue weighted by Gasteiger charge is 2.46. The Morgan fingerprint density at radius 2 is 1.77 bits per heavy atom. The molecule has 5 nitrogen and oxygen atoms in total. The molecule has 0 saturated heterocycles. The van der Waals surface area contributed by atoms with E-state index in [4.69, 9.17) is 4.74 Å². The molecule has 1 amide bonds. The number of carbonyl (C=O) groups excluding carboxylic acids is 1. The minimum Gasteiger partial charge on any atom is -0.492 e. The molecule has 0 atom stereocenters. The van der Waals surface area contributed by atoms with Gasteiger partial charge < -0.3 is 10.1 Å². The molecule has 2 aromatic carbocycles. The molecule has 0 bridgehead atoms. The SMILES string of the molecule is O=C(NCCOc1cccc(Br)c1)c1ccc(S(=O)(=O)C(F)(F)F)cc1. The van der Waals surface area contributed by atoms with Gasteiger partial charge in [-0.1, -0.05) is 22.0 Å². The second-order valence-corrected chi connectivity index (χ2v) is 7.89. The lowest BCUT2D eigenvalue weighted by molar-refractivity contribution is -0.0436. The summed E-state index contributed by atoms with van der Waals surface area (Å²) in [5.74, 6) is 0.0501. The number of amides is 1. The fourth-order valence-electron chi connectivity index (χ4n) is 1.91. The second-order valence-electron chi connectivity index (χ2n) is 5.04. The van der Waals surface area contributed by atoms with Crippen molar-refractivity contribution >= 4 is 31.7 Å².